The first-order valence-electron chi connectivity index (χ1n) is 11.8. The Balaban J connectivity index is 1.49. The molecule has 7 nitrogen and oxygen atoms in total. The third kappa shape index (κ3) is 4.37. The number of anilines is 1. The highest BCUT2D eigenvalue weighted by Crippen LogP contribution is 2.38. The van der Waals surface area contributed by atoms with Gasteiger partial charge in [-0.3, -0.25) is 25.0 Å². The van der Waals surface area contributed by atoms with E-state index in [2.05, 4.69) is 10.3 Å². The Morgan fingerprint density at radius 3 is 2.51 bits per heavy atom. The zero-order valence-corrected chi connectivity index (χ0v) is 19.1. The minimum Gasteiger partial charge on any atom is -0.336 e. The second-order valence-electron chi connectivity index (χ2n) is 9.33. The van der Waals surface area contributed by atoms with Crippen LogP contribution >= 0.6 is 0 Å². The van der Waals surface area contributed by atoms with Crippen molar-refractivity contribution >= 4 is 23.5 Å². The summed E-state index contributed by atoms with van der Waals surface area (Å²) in [6.45, 7) is 0.624. The van der Waals surface area contributed by atoms with Crippen LogP contribution in [-0.4, -0.2) is 52.3 Å². The lowest BCUT2D eigenvalue weighted by molar-refractivity contribution is -0.137. The van der Waals surface area contributed by atoms with E-state index < -0.39 is 17.3 Å². The average Bonchev–Trinajstić information content (AvgIpc) is 3.45. The molecule has 1 spiro atoms. The molecule has 35 heavy (non-hydrogen) atoms. The van der Waals surface area contributed by atoms with Gasteiger partial charge in [-0.25, -0.2) is 4.79 Å². The second kappa shape index (κ2) is 8.98. The zero-order chi connectivity index (χ0) is 24.6. The van der Waals surface area contributed by atoms with Gasteiger partial charge in [0.25, 0.3) is 5.91 Å². The largest absolute Gasteiger partial charge is 0.416 e. The molecule has 1 aliphatic carbocycles. The van der Waals surface area contributed by atoms with Crippen molar-refractivity contribution in [2.24, 2.45) is 4.99 Å². The number of carbonyl (C=O) groups excluding carboxylic acids is 2. The first-order valence-corrected chi connectivity index (χ1v) is 11.8. The molecule has 3 heterocycles. The molecule has 1 aromatic carbocycles. The van der Waals surface area contributed by atoms with Crippen LogP contribution in [-0.2, 0) is 6.18 Å². The summed E-state index contributed by atoms with van der Waals surface area (Å²) in [5.41, 5.74) is -0.911. The third-order valence-corrected chi connectivity index (χ3v) is 7.05. The number of hydrogen-bond donors (Lipinski definition) is 1. The maximum absolute atomic E-state index is 13.3. The van der Waals surface area contributed by atoms with Gasteiger partial charge in [-0.2, -0.15) is 13.2 Å². The van der Waals surface area contributed by atoms with Gasteiger partial charge in [0, 0.05) is 18.3 Å². The standard InChI is InChI=1S/C25H26F3N5O2/c26-25(27,28)18-10-8-17(9-11-18)21(34)32-14-4-12-24(16-32)22(30-19-5-1-2-6-19)31-23(35)33(24)20-7-3-13-29-15-20/h3,7-11,13,15,19H,1-2,4-6,12,14,16H2,(H,30,31,35). The van der Waals surface area contributed by atoms with Gasteiger partial charge in [-0.1, -0.05) is 12.8 Å². The van der Waals surface area contributed by atoms with E-state index in [4.69, 9.17) is 4.99 Å². The molecule has 3 fully saturated rings. The molecule has 0 bridgehead atoms. The molecule has 3 aliphatic rings. The fourth-order valence-electron chi connectivity index (χ4n) is 5.36. The van der Waals surface area contributed by atoms with Crippen LogP contribution in [0.5, 0.6) is 0 Å². The van der Waals surface area contributed by atoms with Crippen LogP contribution in [0, 0.1) is 0 Å². The van der Waals surface area contributed by atoms with E-state index in [1.54, 1.807) is 34.3 Å². The normalized spacial score (nSPS) is 24.4. The number of aromatic nitrogens is 1. The first-order chi connectivity index (χ1) is 16.8. The zero-order valence-electron chi connectivity index (χ0n) is 19.1. The predicted octanol–water partition coefficient (Wildman–Crippen LogP) is 4.65. The van der Waals surface area contributed by atoms with Crippen LogP contribution in [0.1, 0.15) is 54.4 Å². The molecule has 5 rings (SSSR count). The fourth-order valence-corrected chi connectivity index (χ4v) is 5.36. The summed E-state index contributed by atoms with van der Waals surface area (Å²) >= 11 is 0. The molecular weight excluding hydrogens is 459 g/mol. The highest BCUT2D eigenvalue weighted by atomic mass is 19.4. The van der Waals surface area contributed by atoms with Crippen molar-refractivity contribution in [3.05, 3.63) is 59.9 Å². The lowest BCUT2D eigenvalue weighted by Crippen LogP contribution is -2.61. The lowest BCUT2D eigenvalue weighted by atomic mass is 9.86. The number of pyridine rings is 1. The van der Waals surface area contributed by atoms with E-state index in [1.807, 2.05) is 0 Å². The number of amidine groups is 1. The maximum Gasteiger partial charge on any atom is 0.416 e. The van der Waals surface area contributed by atoms with Crippen molar-refractivity contribution in [1.29, 1.82) is 0 Å². The van der Waals surface area contributed by atoms with Crippen LogP contribution in [0.4, 0.5) is 23.7 Å². The summed E-state index contributed by atoms with van der Waals surface area (Å²) in [4.78, 5) is 38.9. The minimum absolute atomic E-state index is 0.122. The molecule has 2 aliphatic heterocycles. The molecule has 1 aromatic heterocycles. The molecule has 2 saturated heterocycles. The van der Waals surface area contributed by atoms with Gasteiger partial charge in [0.05, 0.1) is 30.0 Å². The number of halogens is 3. The summed E-state index contributed by atoms with van der Waals surface area (Å²) in [6.07, 6.45) is 4.07. The molecule has 1 unspecified atom stereocenters. The monoisotopic (exact) mass is 485 g/mol. The third-order valence-electron chi connectivity index (χ3n) is 7.05. The topological polar surface area (TPSA) is 77.9 Å². The number of urea groups is 1. The SMILES string of the molecule is O=C(c1ccc(C(F)(F)F)cc1)N1CCCC2(C1)C(=NC1CCCC1)NC(=O)N2c1cccnc1. The van der Waals surface area contributed by atoms with Gasteiger partial charge in [0.2, 0.25) is 0 Å². The van der Waals surface area contributed by atoms with Gasteiger partial charge in [0.1, 0.15) is 11.4 Å². The van der Waals surface area contributed by atoms with E-state index in [0.29, 0.717) is 30.9 Å². The summed E-state index contributed by atoms with van der Waals surface area (Å²) in [5, 5.41) is 2.96. The molecule has 2 aromatic rings. The number of piperidine rings is 1. The van der Waals surface area contributed by atoms with Gasteiger partial charge in [-0.15, -0.1) is 0 Å². The molecule has 1 atom stereocenters. The molecule has 1 saturated carbocycles. The predicted molar refractivity (Wildman–Crippen MR) is 124 cm³/mol. The van der Waals surface area contributed by atoms with E-state index in [-0.39, 0.29) is 30.1 Å². The number of aliphatic imine (C=N–C) groups is 1. The molecular formula is C25H26F3N5O2. The van der Waals surface area contributed by atoms with Gasteiger partial charge in [0.15, 0.2) is 0 Å². The Bertz CT molecular complexity index is 1130. The number of rotatable bonds is 3. The van der Waals surface area contributed by atoms with Gasteiger partial charge < -0.3 is 4.90 Å². The maximum atomic E-state index is 13.3. The van der Waals surface area contributed by atoms with Gasteiger partial charge >= 0.3 is 12.2 Å². The smallest absolute Gasteiger partial charge is 0.336 e. The van der Waals surface area contributed by atoms with Crippen LogP contribution in [0.3, 0.4) is 0 Å². The van der Waals surface area contributed by atoms with Crippen LogP contribution < -0.4 is 10.2 Å². The number of nitrogens with zero attached hydrogens (tertiary/aromatic N) is 4. The second-order valence-corrected chi connectivity index (χ2v) is 9.33. The Kier molecular flexibility index (Phi) is 5.98. The minimum atomic E-state index is -4.47. The molecule has 184 valence electrons. The molecule has 10 heteroatoms. The van der Waals surface area contributed by atoms with Crippen LogP contribution in [0.15, 0.2) is 53.8 Å². The van der Waals surface area contributed by atoms with Crippen LogP contribution in [0.2, 0.25) is 0 Å². The summed E-state index contributed by atoms with van der Waals surface area (Å²) in [6, 6.07) is 7.59. The number of benzene rings is 1. The van der Waals surface area contributed by atoms with Crippen molar-refractivity contribution < 1.29 is 22.8 Å². The Hall–Kier alpha value is -3.43. The van der Waals surface area contributed by atoms with Crippen molar-refractivity contribution in [1.82, 2.24) is 15.2 Å². The number of alkyl halides is 3. The number of nitrogens with one attached hydrogen (secondary N) is 1. The fraction of sp³-hybridized carbons (Fsp3) is 0.440. The first kappa shape index (κ1) is 23.3. The average molecular weight is 486 g/mol. The van der Waals surface area contributed by atoms with Crippen molar-refractivity contribution in [2.75, 3.05) is 18.0 Å². The number of carbonyl (C=O) groups is 2. The van der Waals surface area contributed by atoms with E-state index >= 15 is 0 Å². The summed E-state index contributed by atoms with van der Waals surface area (Å²) < 4.78 is 38.9. The summed E-state index contributed by atoms with van der Waals surface area (Å²) in [5.74, 6) is 0.187. The molecule has 1 N–H and O–H groups in total. The van der Waals surface area contributed by atoms with E-state index in [0.717, 1.165) is 37.8 Å². The summed E-state index contributed by atoms with van der Waals surface area (Å²) in [7, 11) is 0. The highest BCUT2D eigenvalue weighted by molar-refractivity contribution is 6.19. The van der Waals surface area contributed by atoms with Gasteiger partial charge in [-0.05, 0) is 62.1 Å². The highest BCUT2D eigenvalue weighted by Gasteiger charge is 2.54. The van der Waals surface area contributed by atoms with Crippen molar-refractivity contribution in [3.63, 3.8) is 0 Å². The van der Waals surface area contributed by atoms with E-state index in [1.165, 1.54) is 12.1 Å². The number of amides is 3. The Morgan fingerprint density at radius 1 is 1.11 bits per heavy atom. The molecule has 3 amide bonds. The van der Waals surface area contributed by atoms with E-state index in [9.17, 15) is 22.8 Å². The van der Waals surface area contributed by atoms with Crippen molar-refractivity contribution in [3.8, 4) is 0 Å². The Morgan fingerprint density at radius 2 is 1.86 bits per heavy atom. The molecule has 0 radical (unpaired) electrons. The van der Waals surface area contributed by atoms with Crippen molar-refractivity contribution in [2.45, 2.75) is 56.3 Å². The lowest BCUT2D eigenvalue weighted by Gasteiger charge is -2.44. The number of hydrogen-bond acceptors (Lipinski definition) is 4. The Labute approximate surface area is 201 Å². The number of likely N-dealkylation sites (tertiary alicyclic amines) is 1. The van der Waals surface area contributed by atoms with Crippen LogP contribution in [0.25, 0.3) is 0 Å². The quantitative estimate of drug-likeness (QED) is 0.688.